The van der Waals surface area contributed by atoms with Crippen molar-refractivity contribution in [3.63, 3.8) is 0 Å². The Morgan fingerprint density at radius 2 is 1.94 bits per heavy atom. The molecule has 80 valence electrons. The molecule has 0 saturated heterocycles. The Balaban J connectivity index is 2.29. The molecular weight excluding hydrogens is 192 g/mol. The summed E-state index contributed by atoms with van der Waals surface area (Å²) in [5, 5.41) is 2.74. The number of fused-ring (bicyclic) bond motifs is 3. The van der Waals surface area contributed by atoms with Crippen LogP contribution in [0.2, 0.25) is 0 Å². The zero-order valence-corrected chi connectivity index (χ0v) is 9.61. The van der Waals surface area contributed by atoms with E-state index in [-0.39, 0.29) is 0 Å². The molecule has 1 atom stereocenters. The number of hydrogen-bond acceptors (Lipinski definition) is 0. The lowest BCUT2D eigenvalue weighted by Crippen LogP contribution is -1.98. The zero-order valence-electron chi connectivity index (χ0n) is 9.61. The van der Waals surface area contributed by atoms with Crippen molar-refractivity contribution in [1.29, 1.82) is 0 Å². The summed E-state index contributed by atoms with van der Waals surface area (Å²) in [6.07, 6.45) is 7.03. The van der Waals surface area contributed by atoms with Crippen LogP contribution in [0.3, 0.4) is 0 Å². The van der Waals surface area contributed by atoms with E-state index >= 15 is 0 Å². The third-order valence-electron chi connectivity index (χ3n) is 3.45. The van der Waals surface area contributed by atoms with Crippen molar-refractivity contribution >= 4 is 16.8 Å². The fourth-order valence-corrected chi connectivity index (χ4v) is 2.59. The van der Waals surface area contributed by atoms with Gasteiger partial charge in [-0.25, -0.2) is 0 Å². The Morgan fingerprint density at radius 1 is 1.06 bits per heavy atom. The van der Waals surface area contributed by atoms with Crippen LogP contribution in [0, 0.1) is 5.92 Å². The fraction of sp³-hybridized carbons (Fsp3) is 0.250. The predicted octanol–water partition coefficient (Wildman–Crippen LogP) is 4.44. The average Bonchev–Trinajstić information content (AvgIpc) is 2.50. The molecule has 0 heterocycles. The largest absolute Gasteiger partial charge is 0.0836 e. The number of rotatable bonds is 0. The number of hydrogen-bond donors (Lipinski definition) is 0. The van der Waals surface area contributed by atoms with Crippen LogP contribution in [0.15, 0.2) is 42.5 Å². The molecule has 0 spiro atoms. The Labute approximate surface area is 96.6 Å². The van der Waals surface area contributed by atoms with Gasteiger partial charge >= 0.3 is 0 Å². The molecule has 1 aliphatic carbocycles. The van der Waals surface area contributed by atoms with Gasteiger partial charge in [0.25, 0.3) is 0 Å². The van der Waals surface area contributed by atoms with E-state index in [2.05, 4.69) is 55.5 Å². The Kier molecular flexibility index (Phi) is 2.28. The van der Waals surface area contributed by atoms with Gasteiger partial charge in [-0.05, 0) is 40.7 Å². The molecule has 0 amide bonds. The molecule has 1 aliphatic rings. The first-order valence-electron chi connectivity index (χ1n) is 6.02. The van der Waals surface area contributed by atoms with Gasteiger partial charge in [0.2, 0.25) is 0 Å². The van der Waals surface area contributed by atoms with Crippen LogP contribution in [0.1, 0.15) is 24.5 Å². The molecule has 0 N–H and O–H groups in total. The lowest BCUT2D eigenvalue weighted by atomic mass is 9.94. The first-order valence-corrected chi connectivity index (χ1v) is 6.02. The second-order valence-corrected chi connectivity index (χ2v) is 4.81. The second kappa shape index (κ2) is 3.79. The van der Waals surface area contributed by atoms with Crippen LogP contribution in [-0.4, -0.2) is 0 Å². The molecule has 0 bridgehead atoms. The van der Waals surface area contributed by atoms with Crippen molar-refractivity contribution in [1.82, 2.24) is 0 Å². The third-order valence-corrected chi connectivity index (χ3v) is 3.45. The highest BCUT2D eigenvalue weighted by Gasteiger charge is 2.11. The smallest absolute Gasteiger partial charge is 0.0109 e. The van der Waals surface area contributed by atoms with Crippen molar-refractivity contribution in [3.05, 3.63) is 53.6 Å². The molecule has 3 rings (SSSR count). The van der Waals surface area contributed by atoms with E-state index in [1.54, 1.807) is 0 Å². The number of allylic oxidation sites excluding steroid dienone is 1. The van der Waals surface area contributed by atoms with Gasteiger partial charge in [0.15, 0.2) is 0 Å². The molecule has 16 heavy (non-hydrogen) atoms. The van der Waals surface area contributed by atoms with Crippen molar-refractivity contribution in [2.24, 2.45) is 5.92 Å². The summed E-state index contributed by atoms with van der Waals surface area (Å²) in [6.45, 7) is 2.33. The molecule has 0 heteroatoms. The topological polar surface area (TPSA) is 0 Å². The summed E-state index contributed by atoms with van der Waals surface area (Å²) in [5.74, 6) is 0.763. The van der Waals surface area contributed by atoms with Crippen LogP contribution in [0.25, 0.3) is 16.8 Å². The minimum Gasteiger partial charge on any atom is -0.0836 e. The molecule has 0 radical (unpaired) electrons. The lowest BCUT2D eigenvalue weighted by molar-refractivity contribution is 0.594. The average molecular weight is 208 g/mol. The Bertz CT molecular complexity index is 549. The van der Waals surface area contributed by atoms with Crippen LogP contribution < -0.4 is 0 Å². The summed E-state index contributed by atoms with van der Waals surface area (Å²) in [7, 11) is 0. The minimum absolute atomic E-state index is 0.763. The van der Waals surface area contributed by atoms with E-state index in [1.165, 1.54) is 34.7 Å². The Hall–Kier alpha value is -1.56. The quantitative estimate of drug-likeness (QED) is 0.600. The molecule has 0 nitrogen and oxygen atoms in total. The molecule has 0 unspecified atom stereocenters. The van der Waals surface area contributed by atoms with E-state index in [0.29, 0.717) is 0 Å². The van der Waals surface area contributed by atoms with Gasteiger partial charge in [0, 0.05) is 0 Å². The van der Waals surface area contributed by atoms with Gasteiger partial charge in [-0.15, -0.1) is 0 Å². The SMILES string of the molecule is C[C@H]1CC=Cc2c(ccc3ccccc23)C1. The summed E-state index contributed by atoms with van der Waals surface area (Å²) < 4.78 is 0. The highest BCUT2D eigenvalue weighted by molar-refractivity contribution is 5.92. The van der Waals surface area contributed by atoms with Gasteiger partial charge in [-0.3, -0.25) is 0 Å². The van der Waals surface area contributed by atoms with Crippen molar-refractivity contribution in [2.75, 3.05) is 0 Å². The first-order chi connectivity index (χ1) is 7.84. The Morgan fingerprint density at radius 3 is 2.88 bits per heavy atom. The van der Waals surface area contributed by atoms with Crippen LogP contribution in [0.4, 0.5) is 0 Å². The molecule has 0 saturated carbocycles. The normalized spacial score (nSPS) is 19.4. The van der Waals surface area contributed by atoms with Gasteiger partial charge in [0.1, 0.15) is 0 Å². The maximum atomic E-state index is 2.33. The second-order valence-electron chi connectivity index (χ2n) is 4.81. The molecule has 0 aromatic heterocycles. The van der Waals surface area contributed by atoms with Crippen molar-refractivity contribution in [3.8, 4) is 0 Å². The van der Waals surface area contributed by atoms with Crippen LogP contribution in [0.5, 0.6) is 0 Å². The van der Waals surface area contributed by atoms with Crippen LogP contribution in [-0.2, 0) is 6.42 Å². The van der Waals surface area contributed by atoms with Crippen molar-refractivity contribution in [2.45, 2.75) is 19.8 Å². The molecule has 0 fully saturated rings. The summed E-state index contributed by atoms with van der Waals surface area (Å²) >= 11 is 0. The van der Waals surface area contributed by atoms with Crippen molar-refractivity contribution < 1.29 is 0 Å². The monoisotopic (exact) mass is 208 g/mol. The predicted molar refractivity (Wildman–Crippen MR) is 70.5 cm³/mol. The summed E-state index contributed by atoms with van der Waals surface area (Å²) in [5.41, 5.74) is 2.93. The van der Waals surface area contributed by atoms with E-state index in [0.717, 1.165) is 5.92 Å². The number of benzene rings is 2. The highest BCUT2D eigenvalue weighted by Crippen LogP contribution is 2.29. The minimum atomic E-state index is 0.763. The van der Waals surface area contributed by atoms with Gasteiger partial charge in [0.05, 0.1) is 0 Å². The van der Waals surface area contributed by atoms with Gasteiger partial charge in [-0.2, -0.15) is 0 Å². The first kappa shape index (κ1) is 9.65. The van der Waals surface area contributed by atoms with E-state index in [1.807, 2.05) is 0 Å². The zero-order chi connectivity index (χ0) is 11.0. The summed E-state index contributed by atoms with van der Waals surface area (Å²) in [6, 6.07) is 13.2. The molecular formula is C16H16. The molecule has 0 aliphatic heterocycles. The molecule has 2 aromatic carbocycles. The van der Waals surface area contributed by atoms with Gasteiger partial charge in [-0.1, -0.05) is 55.5 Å². The fourth-order valence-electron chi connectivity index (χ4n) is 2.59. The van der Waals surface area contributed by atoms with E-state index in [9.17, 15) is 0 Å². The standard InChI is InChI=1S/C16H16/c1-12-5-4-8-16-14(11-12)10-9-13-6-2-3-7-15(13)16/h2-4,6-10,12H,5,11H2,1H3/t12-/m0/s1. The van der Waals surface area contributed by atoms with Crippen LogP contribution >= 0.6 is 0 Å². The lowest BCUT2D eigenvalue weighted by Gasteiger charge is -2.10. The molecule has 2 aromatic rings. The van der Waals surface area contributed by atoms with E-state index < -0.39 is 0 Å². The highest BCUT2D eigenvalue weighted by atomic mass is 14.2. The van der Waals surface area contributed by atoms with E-state index in [4.69, 9.17) is 0 Å². The van der Waals surface area contributed by atoms with Gasteiger partial charge < -0.3 is 0 Å². The maximum absolute atomic E-state index is 2.33. The maximum Gasteiger partial charge on any atom is -0.0109 e. The third kappa shape index (κ3) is 1.55. The summed E-state index contributed by atoms with van der Waals surface area (Å²) in [4.78, 5) is 0.